The third-order valence-corrected chi connectivity index (χ3v) is 2.55. The number of carbonyl (C=O) groups excluding carboxylic acids is 1. The van der Waals surface area contributed by atoms with E-state index in [1.54, 1.807) is 0 Å². The first-order valence-electron chi connectivity index (χ1n) is 6.25. The highest BCUT2D eigenvalue weighted by atomic mass is 19.1. The topological polar surface area (TPSA) is 69.9 Å². The Kier molecular flexibility index (Phi) is 3.84. The van der Waals surface area contributed by atoms with E-state index in [1.165, 1.54) is 29.1 Å². The van der Waals surface area contributed by atoms with Crippen molar-refractivity contribution in [1.29, 1.82) is 0 Å². The molecule has 0 N–H and O–H groups in total. The van der Waals surface area contributed by atoms with Crippen molar-refractivity contribution < 1.29 is 13.9 Å². The Labute approximate surface area is 121 Å². The number of carbonyl (C=O) groups is 1. The lowest BCUT2D eigenvalue weighted by atomic mass is 10.1. The lowest BCUT2D eigenvalue weighted by molar-refractivity contribution is -0.127. The molecule has 0 spiro atoms. The first kappa shape index (κ1) is 14.8. The van der Waals surface area contributed by atoms with Crippen molar-refractivity contribution in [2.24, 2.45) is 0 Å². The number of ether oxygens (including phenoxy) is 1. The molecule has 110 valence electrons. The van der Waals surface area contributed by atoms with Gasteiger partial charge in [0, 0.05) is 0 Å². The maximum Gasteiger partial charge on any atom is 0.346 e. The van der Waals surface area contributed by atoms with Gasteiger partial charge in [-0.1, -0.05) is 6.58 Å². The normalized spacial score (nSPS) is 11.2. The molecule has 0 aliphatic heterocycles. The van der Waals surface area contributed by atoms with Crippen molar-refractivity contribution in [2.45, 2.75) is 26.3 Å². The summed E-state index contributed by atoms with van der Waals surface area (Å²) in [5.41, 5.74) is -0.373. The van der Waals surface area contributed by atoms with Crippen molar-refractivity contribution in [2.75, 3.05) is 0 Å². The zero-order valence-electron chi connectivity index (χ0n) is 12.0. The van der Waals surface area contributed by atoms with Crippen LogP contribution in [0.15, 0.2) is 30.8 Å². The molecule has 0 aliphatic carbocycles. The lowest BCUT2D eigenvalue weighted by Crippen LogP contribution is -2.24. The summed E-state index contributed by atoms with van der Waals surface area (Å²) in [6.07, 6.45) is 0. The number of nitrogens with zero attached hydrogens (tertiary/aromatic N) is 4. The minimum Gasteiger partial charge on any atom is -0.423 e. The van der Waals surface area contributed by atoms with Gasteiger partial charge in [0.1, 0.15) is 17.1 Å². The Bertz CT molecular complexity index is 671. The Morgan fingerprint density at radius 2 is 1.90 bits per heavy atom. The highest BCUT2D eigenvalue weighted by Gasteiger charge is 2.21. The van der Waals surface area contributed by atoms with Gasteiger partial charge in [-0.3, -0.25) is 0 Å². The van der Waals surface area contributed by atoms with Crippen molar-refractivity contribution in [1.82, 2.24) is 20.2 Å². The molecule has 0 radical (unpaired) electrons. The highest BCUT2D eigenvalue weighted by Crippen LogP contribution is 2.16. The monoisotopic (exact) mass is 290 g/mol. The summed E-state index contributed by atoms with van der Waals surface area (Å²) in [5, 5.41) is 11.7. The minimum atomic E-state index is -0.713. The van der Waals surface area contributed by atoms with Crippen molar-refractivity contribution in [3.05, 3.63) is 42.5 Å². The van der Waals surface area contributed by atoms with Gasteiger partial charge >= 0.3 is 5.97 Å². The summed E-state index contributed by atoms with van der Waals surface area (Å²) in [6.45, 7) is 9.31. The fraction of sp³-hybridized carbons (Fsp3) is 0.286. The molecular formula is C14H15FN4O2. The van der Waals surface area contributed by atoms with Gasteiger partial charge in [-0.2, -0.15) is 4.80 Å². The second-order valence-electron chi connectivity index (χ2n) is 5.40. The summed E-state index contributed by atoms with van der Waals surface area (Å²) in [5.74, 6) is -0.818. The molecule has 0 aliphatic rings. The van der Waals surface area contributed by atoms with Gasteiger partial charge < -0.3 is 4.74 Å². The van der Waals surface area contributed by atoms with Crippen LogP contribution in [-0.4, -0.2) is 26.2 Å². The summed E-state index contributed by atoms with van der Waals surface area (Å²) < 4.78 is 17.8. The van der Waals surface area contributed by atoms with Crippen LogP contribution in [0.25, 0.3) is 5.57 Å². The number of benzene rings is 1. The van der Waals surface area contributed by atoms with Gasteiger partial charge in [0.25, 0.3) is 0 Å². The van der Waals surface area contributed by atoms with Gasteiger partial charge in [-0.25, -0.2) is 9.18 Å². The summed E-state index contributed by atoms with van der Waals surface area (Å²) in [4.78, 5) is 13.3. The van der Waals surface area contributed by atoms with E-state index in [-0.39, 0.29) is 22.7 Å². The van der Waals surface area contributed by atoms with E-state index < -0.39 is 11.8 Å². The van der Waals surface area contributed by atoms with E-state index in [1.807, 2.05) is 20.8 Å². The number of tetrazole rings is 1. The summed E-state index contributed by atoms with van der Waals surface area (Å²) in [7, 11) is 0. The zero-order chi connectivity index (χ0) is 15.6. The third-order valence-electron chi connectivity index (χ3n) is 2.55. The van der Waals surface area contributed by atoms with E-state index in [0.29, 0.717) is 0 Å². The first-order chi connectivity index (χ1) is 9.77. The molecule has 0 saturated carbocycles. The van der Waals surface area contributed by atoms with Crippen molar-refractivity contribution in [3.8, 4) is 5.75 Å². The molecule has 0 amide bonds. The minimum absolute atomic E-state index is 0.0187. The Morgan fingerprint density at radius 1 is 1.29 bits per heavy atom. The molecule has 6 nitrogen and oxygen atoms in total. The van der Waals surface area contributed by atoms with E-state index in [9.17, 15) is 9.18 Å². The Balaban J connectivity index is 2.11. The van der Waals surface area contributed by atoms with Gasteiger partial charge in [0.15, 0.2) is 0 Å². The molecule has 1 aromatic heterocycles. The smallest absolute Gasteiger partial charge is 0.346 e. The molecular weight excluding hydrogens is 275 g/mol. The number of rotatable bonds is 3. The van der Waals surface area contributed by atoms with Gasteiger partial charge in [-0.15, -0.1) is 10.2 Å². The number of halogens is 1. The van der Waals surface area contributed by atoms with Crippen LogP contribution in [-0.2, 0) is 10.3 Å². The maximum absolute atomic E-state index is 12.8. The molecule has 2 rings (SSSR count). The second-order valence-corrected chi connectivity index (χ2v) is 5.40. The van der Waals surface area contributed by atoms with Gasteiger partial charge in [0.05, 0.1) is 5.54 Å². The molecule has 0 saturated heterocycles. The lowest BCUT2D eigenvalue weighted by Gasteiger charge is -2.15. The highest BCUT2D eigenvalue weighted by molar-refractivity contribution is 6.15. The molecule has 1 heterocycles. The summed E-state index contributed by atoms with van der Waals surface area (Å²) >= 11 is 0. The summed E-state index contributed by atoms with van der Waals surface area (Å²) in [6, 6.07) is 5.08. The predicted octanol–water partition coefficient (Wildman–Crippen LogP) is 2.19. The fourth-order valence-corrected chi connectivity index (χ4v) is 1.38. The van der Waals surface area contributed by atoms with E-state index in [2.05, 4.69) is 22.0 Å². The molecule has 21 heavy (non-hydrogen) atoms. The second kappa shape index (κ2) is 5.43. The molecule has 0 fully saturated rings. The third kappa shape index (κ3) is 3.50. The zero-order valence-corrected chi connectivity index (χ0v) is 12.0. The van der Waals surface area contributed by atoms with Crippen LogP contribution in [0.4, 0.5) is 4.39 Å². The Morgan fingerprint density at radius 3 is 2.43 bits per heavy atom. The first-order valence-corrected chi connectivity index (χ1v) is 6.25. The molecule has 7 heteroatoms. The quantitative estimate of drug-likeness (QED) is 0.492. The van der Waals surface area contributed by atoms with Crippen LogP contribution in [0.1, 0.15) is 26.6 Å². The average molecular weight is 290 g/mol. The van der Waals surface area contributed by atoms with Crippen LogP contribution in [0.3, 0.4) is 0 Å². The molecule has 1 aromatic carbocycles. The van der Waals surface area contributed by atoms with Crippen LogP contribution in [0.2, 0.25) is 0 Å². The number of hydrogen-bond acceptors (Lipinski definition) is 5. The van der Waals surface area contributed by atoms with Crippen LogP contribution >= 0.6 is 0 Å². The standard InChI is InChI=1S/C14H15FN4O2/c1-9(12-16-18-19(17-12)14(2,3)4)13(20)21-11-7-5-10(15)6-8-11/h5-8H,1H2,2-4H3. The Hall–Kier alpha value is -2.57. The average Bonchev–Trinajstić information content (AvgIpc) is 2.90. The number of hydrogen-bond donors (Lipinski definition) is 0. The largest absolute Gasteiger partial charge is 0.423 e. The van der Waals surface area contributed by atoms with E-state index in [0.717, 1.165) is 0 Å². The van der Waals surface area contributed by atoms with Crippen molar-refractivity contribution >= 4 is 11.5 Å². The van der Waals surface area contributed by atoms with Crippen LogP contribution < -0.4 is 4.74 Å². The SMILES string of the molecule is C=C(C(=O)Oc1ccc(F)cc1)c1nnn(C(C)(C)C)n1. The van der Waals surface area contributed by atoms with Crippen molar-refractivity contribution in [3.63, 3.8) is 0 Å². The van der Waals surface area contributed by atoms with Crippen LogP contribution in [0, 0.1) is 5.82 Å². The van der Waals surface area contributed by atoms with E-state index >= 15 is 0 Å². The number of aromatic nitrogens is 4. The molecule has 0 bridgehead atoms. The van der Waals surface area contributed by atoms with Crippen LogP contribution in [0.5, 0.6) is 5.75 Å². The van der Waals surface area contributed by atoms with Gasteiger partial charge in [-0.05, 0) is 50.3 Å². The molecule has 0 unspecified atom stereocenters. The molecule has 0 atom stereocenters. The maximum atomic E-state index is 12.8. The number of esters is 1. The fourth-order valence-electron chi connectivity index (χ4n) is 1.38. The van der Waals surface area contributed by atoms with E-state index in [4.69, 9.17) is 4.74 Å². The van der Waals surface area contributed by atoms with Gasteiger partial charge in [0.2, 0.25) is 5.82 Å². The molecule has 2 aromatic rings. The predicted molar refractivity (Wildman–Crippen MR) is 73.9 cm³/mol.